The Hall–Kier alpha value is -2.86. The molecular formula is C30H50N6. The first-order valence-corrected chi connectivity index (χ1v) is 13.4. The summed E-state index contributed by atoms with van der Waals surface area (Å²) >= 11 is 0. The molecule has 2 rings (SSSR count). The molecule has 1 aliphatic heterocycles. The number of nitrogens with two attached hydrogens (primary N) is 1. The zero-order chi connectivity index (χ0) is 27.3. The standard InChI is InChI=1S/C21H27N5.C7H17N.C2H6/c1-6-9-23-21(26-19-8-10-22-16(5)11-19)20-12-18(14-25-20)17(7-2)13-24-15(3)4;1-3-5-7(8)6-4-2;1-2/h6-11,13-15H,12H2,1-5H3,(H,22,23,26);7H,3-6,8H2,1-2H3;1-2H3/b9-6-,17-7+,24-13?;;. The highest BCUT2D eigenvalue weighted by Crippen LogP contribution is 2.21. The van der Waals surface area contributed by atoms with Gasteiger partial charge in [-0.15, -0.1) is 0 Å². The van der Waals surface area contributed by atoms with Crippen molar-refractivity contribution in [3.8, 4) is 0 Å². The van der Waals surface area contributed by atoms with Crippen LogP contribution in [0.25, 0.3) is 0 Å². The number of anilines is 1. The van der Waals surface area contributed by atoms with Gasteiger partial charge in [-0.3, -0.25) is 15.0 Å². The number of allylic oxidation sites excluding steroid dienone is 4. The highest BCUT2D eigenvalue weighted by molar-refractivity contribution is 6.46. The maximum absolute atomic E-state index is 5.69. The van der Waals surface area contributed by atoms with Gasteiger partial charge < -0.3 is 11.1 Å². The molecule has 6 nitrogen and oxygen atoms in total. The zero-order valence-electron chi connectivity index (χ0n) is 24.2. The molecule has 200 valence electrons. The van der Waals surface area contributed by atoms with Crippen LogP contribution >= 0.6 is 0 Å². The number of nitrogens with one attached hydrogen (secondary N) is 1. The molecule has 0 atom stereocenters. The molecule has 1 aromatic rings. The maximum atomic E-state index is 5.69. The van der Waals surface area contributed by atoms with Crippen LogP contribution in [0.2, 0.25) is 0 Å². The predicted molar refractivity (Wildman–Crippen MR) is 162 cm³/mol. The highest BCUT2D eigenvalue weighted by atomic mass is 15.0. The Morgan fingerprint density at radius 1 is 1.17 bits per heavy atom. The van der Waals surface area contributed by atoms with E-state index in [9.17, 15) is 0 Å². The van der Waals surface area contributed by atoms with E-state index in [0.717, 1.165) is 40.5 Å². The molecule has 0 radical (unpaired) electrons. The number of hydrogen-bond donors (Lipinski definition) is 2. The summed E-state index contributed by atoms with van der Waals surface area (Å²) in [6, 6.07) is 4.65. The third-order valence-corrected chi connectivity index (χ3v) is 5.03. The summed E-state index contributed by atoms with van der Waals surface area (Å²) < 4.78 is 0. The fourth-order valence-corrected chi connectivity index (χ4v) is 3.30. The molecule has 0 saturated carbocycles. The first kappa shape index (κ1) is 33.1. The van der Waals surface area contributed by atoms with Gasteiger partial charge in [0, 0.05) is 54.7 Å². The van der Waals surface area contributed by atoms with Crippen LogP contribution < -0.4 is 11.1 Å². The number of amidine groups is 1. The lowest BCUT2D eigenvalue weighted by atomic mass is 10.0. The van der Waals surface area contributed by atoms with Crippen molar-refractivity contribution in [1.82, 2.24) is 4.98 Å². The predicted octanol–water partition coefficient (Wildman–Crippen LogP) is 7.83. The molecule has 1 aliphatic rings. The van der Waals surface area contributed by atoms with Gasteiger partial charge in [-0.2, -0.15) is 0 Å². The Kier molecular flexibility index (Phi) is 18.7. The smallest absolute Gasteiger partial charge is 0.152 e. The van der Waals surface area contributed by atoms with Crippen LogP contribution in [-0.2, 0) is 0 Å². The Labute approximate surface area is 220 Å². The lowest BCUT2D eigenvalue weighted by molar-refractivity contribution is 0.554. The average molecular weight is 495 g/mol. The van der Waals surface area contributed by atoms with Crippen LogP contribution in [0.4, 0.5) is 5.69 Å². The number of rotatable bonds is 10. The van der Waals surface area contributed by atoms with Gasteiger partial charge in [0.1, 0.15) is 0 Å². The molecule has 0 bridgehead atoms. The quantitative estimate of drug-likeness (QED) is 0.256. The number of pyridine rings is 1. The molecule has 0 fully saturated rings. The normalized spacial score (nSPS) is 14.0. The van der Waals surface area contributed by atoms with E-state index in [1.54, 1.807) is 12.4 Å². The molecule has 2 heterocycles. The van der Waals surface area contributed by atoms with Gasteiger partial charge in [0.15, 0.2) is 5.84 Å². The van der Waals surface area contributed by atoms with Crippen LogP contribution in [0, 0.1) is 6.92 Å². The van der Waals surface area contributed by atoms with E-state index >= 15 is 0 Å². The van der Waals surface area contributed by atoms with E-state index < -0.39 is 0 Å². The Morgan fingerprint density at radius 2 is 1.83 bits per heavy atom. The SMILES string of the molecule is C/C=C\N=C(Nc1ccnc(C)c1)C1=NC=C(/C(C=NC(C)C)=C/C)C1.CC.CCCC(N)CCC. The van der Waals surface area contributed by atoms with Crippen LogP contribution in [0.15, 0.2) is 69.0 Å². The van der Waals surface area contributed by atoms with E-state index in [-0.39, 0.29) is 6.04 Å². The van der Waals surface area contributed by atoms with Crippen molar-refractivity contribution < 1.29 is 0 Å². The van der Waals surface area contributed by atoms with Crippen LogP contribution in [-0.4, -0.2) is 34.8 Å². The highest BCUT2D eigenvalue weighted by Gasteiger charge is 2.18. The molecule has 3 N–H and O–H groups in total. The van der Waals surface area contributed by atoms with Crippen molar-refractivity contribution in [2.45, 2.75) is 107 Å². The second-order valence-corrected chi connectivity index (χ2v) is 8.63. The Morgan fingerprint density at radius 3 is 2.36 bits per heavy atom. The number of aryl methyl sites for hydroxylation is 1. The number of hydrogen-bond acceptors (Lipinski definition) is 5. The summed E-state index contributed by atoms with van der Waals surface area (Å²) in [5.41, 5.74) is 10.7. The average Bonchev–Trinajstić information content (AvgIpc) is 3.34. The largest absolute Gasteiger partial charge is 0.339 e. The summed E-state index contributed by atoms with van der Waals surface area (Å²) in [6.07, 6.45) is 16.9. The summed E-state index contributed by atoms with van der Waals surface area (Å²) in [7, 11) is 0. The van der Waals surface area contributed by atoms with Crippen molar-refractivity contribution in [2.75, 3.05) is 5.32 Å². The number of aliphatic imine (C=N–C) groups is 3. The first-order valence-electron chi connectivity index (χ1n) is 13.4. The summed E-state index contributed by atoms with van der Waals surface area (Å²) in [5, 5.41) is 3.37. The molecule has 0 aromatic carbocycles. The van der Waals surface area contributed by atoms with Gasteiger partial charge >= 0.3 is 0 Å². The second-order valence-electron chi connectivity index (χ2n) is 8.63. The topological polar surface area (TPSA) is 88.0 Å². The number of aromatic nitrogens is 1. The number of nitrogens with zero attached hydrogens (tertiary/aromatic N) is 4. The molecule has 6 heteroatoms. The third kappa shape index (κ3) is 13.9. The van der Waals surface area contributed by atoms with Crippen molar-refractivity contribution in [2.24, 2.45) is 20.7 Å². The Balaban J connectivity index is 0.00000104. The third-order valence-electron chi connectivity index (χ3n) is 5.03. The van der Waals surface area contributed by atoms with E-state index in [4.69, 9.17) is 5.73 Å². The Bertz CT molecular complexity index is 913. The molecule has 0 spiro atoms. The van der Waals surface area contributed by atoms with E-state index in [0.29, 0.717) is 6.04 Å². The van der Waals surface area contributed by atoms with Crippen molar-refractivity contribution in [3.05, 3.63) is 59.7 Å². The monoisotopic (exact) mass is 494 g/mol. The fraction of sp³-hybridized carbons (Fsp3) is 0.533. The van der Waals surface area contributed by atoms with E-state index in [2.05, 4.69) is 59.0 Å². The minimum atomic E-state index is 0.274. The van der Waals surface area contributed by atoms with Gasteiger partial charge in [-0.1, -0.05) is 52.7 Å². The summed E-state index contributed by atoms with van der Waals surface area (Å²) in [6.45, 7) is 18.4. The van der Waals surface area contributed by atoms with Crippen LogP contribution in [0.1, 0.15) is 93.2 Å². The molecule has 0 saturated heterocycles. The van der Waals surface area contributed by atoms with Gasteiger partial charge in [-0.25, -0.2) is 4.99 Å². The maximum Gasteiger partial charge on any atom is 0.152 e. The van der Waals surface area contributed by atoms with Gasteiger partial charge in [0.05, 0.1) is 5.71 Å². The van der Waals surface area contributed by atoms with Crippen molar-refractivity contribution in [3.63, 3.8) is 0 Å². The molecule has 0 aliphatic carbocycles. The molecule has 0 unspecified atom stereocenters. The zero-order valence-corrected chi connectivity index (χ0v) is 24.2. The van der Waals surface area contributed by atoms with Gasteiger partial charge in [-0.05, 0) is 70.7 Å². The van der Waals surface area contributed by atoms with Gasteiger partial charge in [0.25, 0.3) is 0 Å². The van der Waals surface area contributed by atoms with E-state index in [1.807, 2.05) is 65.2 Å². The summed E-state index contributed by atoms with van der Waals surface area (Å²) in [5.74, 6) is 0.746. The summed E-state index contributed by atoms with van der Waals surface area (Å²) in [4.78, 5) is 17.8. The minimum absolute atomic E-state index is 0.274. The minimum Gasteiger partial charge on any atom is -0.339 e. The molecule has 36 heavy (non-hydrogen) atoms. The van der Waals surface area contributed by atoms with Gasteiger partial charge in [0.2, 0.25) is 0 Å². The van der Waals surface area contributed by atoms with Crippen molar-refractivity contribution in [1.29, 1.82) is 0 Å². The first-order chi connectivity index (χ1) is 17.3. The van der Waals surface area contributed by atoms with Crippen LogP contribution in [0.5, 0.6) is 0 Å². The second kappa shape index (κ2) is 20.3. The van der Waals surface area contributed by atoms with Crippen molar-refractivity contribution >= 4 is 23.4 Å². The molecule has 1 aromatic heterocycles. The molecule has 0 amide bonds. The molecular weight excluding hydrogens is 444 g/mol. The lowest BCUT2D eigenvalue weighted by Crippen LogP contribution is -2.22. The lowest BCUT2D eigenvalue weighted by Gasteiger charge is -2.11. The van der Waals surface area contributed by atoms with E-state index in [1.165, 1.54) is 25.7 Å². The van der Waals surface area contributed by atoms with Crippen LogP contribution in [0.3, 0.4) is 0 Å². The fourth-order valence-electron chi connectivity index (χ4n) is 3.30.